The van der Waals surface area contributed by atoms with Gasteiger partial charge >= 0.3 is 0 Å². The summed E-state index contributed by atoms with van der Waals surface area (Å²) < 4.78 is 30.5. The van der Waals surface area contributed by atoms with Crippen molar-refractivity contribution in [3.63, 3.8) is 0 Å². The number of nitrogens with zero attached hydrogens (tertiary/aromatic N) is 1. The fraction of sp³-hybridized carbons (Fsp3) is 0.326. The van der Waals surface area contributed by atoms with Crippen LogP contribution in [0.2, 0.25) is 0 Å². The van der Waals surface area contributed by atoms with Gasteiger partial charge in [-0.15, -0.1) is 0 Å². The maximum absolute atomic E-state index is 11.9. The van der Waals surface area contributed by atoms with Crippen molar-refractivity contribution < 1.29 is 28.5 Å². The Balaban J connectivity index is 1.10. The first-order valence-electron chi connectivity index (χ1n) is 17.0. The molecular weight excluding hydrogens is 626 g/mol. The van der Waals surface area contributed by atoms with Gasteiger partial charge < -0.3 is 28.6 Å². The number of hydrogen-bond donors (Lipinski definition) is 0. The minimum Gasteiger partial charge on any atom is -0.489 e. The fourth-order valence-corrected chi connectivity index (χ4v) is 6.10. The smallest absolute Gasteiger partial charge is 0.209 e. The molecule has 0 radical (unpaired) electrons. The number of benzene rings is 4. The third kappa shape index (κ3) is 7.30. The van der Waals surface area contributed by atoms with Crippen LogP contribution in [-0.4, -0.2) is 57.4 Å². The van der Waals surface area contributed by atoms with Crippen LogP contribution in [0.1, 0.15) is 61.1 Å². The van der Waals surface area contributed by atoms with Gasteiger partial charge in [0.15, 0.2) is 23.0 Å². The normalized spacial score (nSPS) is 18.2. The molecule has 0 spiro atoms. The van der Waals surface area contributed by atoms with Gasteiger partial charge in [0, 0.05) is 39.6 Å². The molecule has 1 amide bonds. The number of carbonyl (C=O) groups excluding carboxylic acids is 1. The predicted octanol–water partition coefficient (Wildman–Crippen LogP) is 6.81. The SMILES string of the molecule is CC1(C)COc2ccc(C#Cc3ccc(C4(c5ccc(C#Cc6ccc7c(c6)OCC(C)(C)CO7)cc5)CN(C=O)CCO4)cc3)cc2OC1. The van der Waals surface area contributed by atoms with Crippen LogP contribution in [0.25, 0.3) is 0 Å². The molecule has 0 saturated carbocycles. The van der Waals surface area contributed by atoms with Crippen molar-refractivity contribution in [3.05, 3.63) is 118 Å². The number of fused-ring (bicyclic) bond motifs is 2. The van der Waals surface area contributed by atoms with Crippen LogP contribution in [-0.2, 0) is 15.1 Å². The molecule has 0 unspecified atom stereocenters. The standard InChI is InChI=1S/C43H41NO6/c1-41(2)26-46-37-19-13-33(23-39(37)48-28-41)7-5-31-9-15-35(16-10-31)43(25-44(30-45)21-22-50-43)36-17-11-32(12-18-36)6-8-34-14-20-38-40(24-34)49-29-42(3,4)27-47-38/h9-20,23-24,30H,21-22,25-29H2,1-4H3. The molecule has 0 bridgehead atoms. The first-order valence-corrected chi connectivity index (χ1v) is 17.0. The molecule has 7 nitrogen and oxygen atoms in total. The van der Waals surface area contributed by atoms with Crippen LogP contribution in [0.3, 0.4) is 0 Å². The predicted molar refractivity (Wildman–Crippen MR) is 192 cm³/mol. The molecular formula is C43H41NO6. The Bertz CT molecular complexity index is 1870. The van der Waals surface area contributed by atoms with Gasteiger partial charge in [0.25, 0.3) is 0 Å². The Labute approximate surface area is 294 Å². The monoisotopic (exact) mass is 667 g/mol. The lowest BCUT2D eigenvalue weighted by Gasteiger charge is -2.42. The lowest BCUT2D eigenvalue weighted by molar-refractivity contribution is -0.133. The molecule has 1 saturated heterocycles. The van der Waals surface area contributed by atoms with E-state index in [0.717, 1.165) is 51.3 Å². The maximum Gasteiger partial charge on any atom is 0.209 e. The summed E-state index contributed by atoms with van der Waals surface area (Å²) in [6.45, 7) is 12.2. The van der Waals surface area contributed by atoms with E-state index in [9.17, 15) is 4.79 Å². The summed E-state index contributed by atoms with van der Waals surface area (Å²) in [4.78, 5) is 13.7. The largest absolute Gasteiger partial charge is 0.489 e. The quantitative estimate of drug-likeness (QED) is 0.177. The van der Waals surface area contributed by atoms with Crippen molar-refractivity contribution in [1.82, 2.24) is 4.90 Å². The highest BCUT2D eigenvalue weighted by Crippen LogP contribution is 2.38. The minimum atomic E-state index is -0.832. The number of carbonyl (C=O) groups is 1. The minimum absolute atomic E-state index is 0.0582. The Morgan fingerprint density at radius 1 is 0.560 bits per heavy atom. The van der Waals surface area contributed by atoms with Gasteiger partial charge in [0.2, 0.25) is 6.41 Å². The number of amides is 1. The maximum atomic E-state index is 11.9. The second kappa shape index (κ2) is 13.5. The molecule has 7 heteroatoms. The number of rotatable bonds is 3. The fourth-order valence-electron chi connectivity index (χ4n) is 6.10. The van der Waals surface area contributed by atoms with E-state index in [2.05, 4.69) is 51.4 Å². The van der Waals surface area contributed by atoms with Crippen molar-refractivity contribution in [3.8, 4) is 46.7 Å². The van der Waals surface area contributed by atoms with Crippen LogP contribution in [0.5, 0.6) is 23.0 Å². The molecule has 1 fully saturated rings. The third-order valence-electron chi connectivity index (χ3n) is 9.07. The van der Waals surface area contributed by atoms with Crippen LogP contribution < -0.4 is 18.9 Å². The molecule has 254 valence electrons. The molecule has 0 atom stereocenters. The van der Waals surface area contributed by atoms with Gasteiger partial charge in [-0.2, -0.15) is 0 Å². The molecule has 0 aromatic heterocycles. The van der Waals surface area contributed by atoms with Gasteiger partial charge in [0.1, 0.15) is 5.60 Å². The first-order chi connectivity index (χ1) is 24.1. The molecule has 7 rings (SSSR count). The average Bonchev–Trinajstić information content (AvgIpc) is 3.39. The molecule has 4 aromatic rings. The van der Waals surface area contributed by atoms with E-state index in [1.807, 2.05) is 84.9 Å². The van der Waals surface area contributed by atoms with Crippen molar-refractivity contribution in [1.29, 1.82) is 0 Å². The van der Waals surface area contributed by atoms with Crippen LogP contribution >= 0.6 is 0 Å². The van der Waals surface area contributed by atoms with Crippen molar-refractivity contribution in [2.45, 2.75) is 33.3 Å². The van der Waals surface area contributed by atoms with Crippen LogP contribution in [0.4, 0.5) is 0 Å². The van der Waals surface area contributed by atoms with Gasteiger partial charge in [-0.25, -0.2) is 0 Å². The molecule has 0 N–H and O–H groups in total. The zero-order chi connectivity index (χ0) is 34.8. The summed E-state index contributed by atoms with van der Waals surface area (Å²) in [5, 5.41) is 0. The Morgan fingerprint density at radius 3 is 1.40 bits per heavy atom. The van der Waals surface area contributed by atoms with E-state index in [4.69, 9.17) is 23.7 Å². The van der Waals surface area contributed by atoms with Crippen molar-refractivity contribution in [2.75, 3.05) is 46.1 Å². The Kier molecular flexibility index (Phi) is 8.95. The van der Waals surface area contributed by atoms with E-state index >= 15 is 0 Å². The number of ether oxygens (including phenoxy) is 5. The van der Waals surface area contributed by atoms with Gasteiger partial charge in [-0.1, -0.05) is 75.6 Å². The van der Waals surface area contributed by atoms with Crippen molar-refractivity contribution in [2.24, 2.45) is 10.8 Å². The second-order valence-electron chi connectivity index (χ2n) is 14.7. The summed E-state index contributed by atoms with van der Waals surface area (Å²) in [7, 11) is 0. The lowest BCUT2D eigenvalue weighted by Crippen LogP contribution is -2.50. The number of morpholine rings is 1. The van der Waals surface area contributed by atoms with Crippen LogP contribution in [0.15, 0.2) is 84.9 Å². The van der Waals surface area contributed by atoms with E-state index < -0.39 is 5.60 Å². The summed E-state index contributed by atoms with van der Waals surface area (Å²) >= 11 is 0. The Hall–Kier alpha value is -5.37. The van der Waals surface area contributed by atoms with Gasteiger partial charge in [0.05, 0.1) is 39.6 Å². The molecule has 3 aliphatic rings. The van der Waals surface area contributed by atoms with Crippen molar-refractivity contribution >= 4 is 6.41 Å². The van der Waals surface area contributed by atoms with Gasteiger partial charge in [-0.3, -0.25) is 4.79 Å². The molecule has 3 heterocycles. The third-order valence-corrected chi connectivity index (χ3v) is 9.07. The van der Waals surface area contributed by atoms with E-state index in [1.165, 1.54) is 0 Å². The second-order valence-corrected chi connectivity index (χ2v) is 14.7. The van der Waals surface area contributed by atoms with E-state index in [1.54, 1.807) is 4.90 Å². The number of hydrogen-bond acceptors (Lipinski definition) is 6. The highest BCUT2D eigenvalue weighted by Gasteiger charge is 2.40. The topological polar surface area (TPSA) is 66.5 Å². The van der Waals surface area contributed by atoms with E-state index in [-0.39, 0.29) is 10.8 Å². The van der Waals surface area contributed by atoms with Gasteiger partial charge in [-0.05, 0) is 71.8 Å². The first kappa shape index (κ1) is 33.1. The van der Waals surface area contributed by atoms with E-state index in [0.29, 0.717) is 57.6 Å². The zero-order valence-electron chi connectivity index (χ0n) is 29.0. The molecule has 50 heavy (non-hydrogen) atoms. The summed E-state index contributed by atoms with van der Waals surface area (Å²) in [5.74, 6) is 16.0. The molecule has 3 aliphatic heterocycles. The average molecular weight is 668 g/mol. The molecule has 4 aromatic carbocycles. The zero-order valence-corrected chi connectivity index (χ0v) is 29.0. The lowest BCUT2D eigenvalue weighted by atomic mass is 9.84. The van der Waals surface area contributed by atoms with Crippen LogP contribution in [0, 0.1) is 34.5 Å². The highest BCUT2D eigenvalue weighted by atomic mass is 16.5. The summed E-state index contributed by atoms with van der Waals surface area (Å²) in [5.41, 5.74) is 4.37. The molecule has 0 aliphatic carbocycles. The highest BCUT2D eigenvalue weighted by molar-refractivity contribution is 5.54. The Morgan fingerprint density at radius 2 is 0.960 bits per heavy atom. The summed E-state index contributed by atoms with van der Waals surface area (Å²) in [6, 6.07) is 27.7. The summed E-state index contributed by atoms with van der Waals surface area (Å²) in [6.07, 6.45) is 0.892.